The molecule has 2 aromatic rings. The molecule has 0 saturated carbocycles. The normalized spacial score (nSPS) is 10.5. The average molecular weight is 286 g/mol. The Labute approximate surface area is 110 Å². The Balaban J connectivity index is 2.41. The van der Waals surface area contributed by atoms with E-state index >= 15 is 0 Å². The van der Waals surface area contributed by atoms with E-state index in [-0.39, 0.29) is 10.5 Å². The SMILES string of the molecule is O=Cc1cc(F)c(Sc2ccc(F)cc2F)c(F)c1. The number of benzene rings is 2. The molecular formula is C13H6F4OS. The minimum atomic E-state index is -0.976. The zero-order valence-corrected chi connectivity index (χ0v) is 10.1. The molecule has 0 aliphatic carbocycles. The third-order valence-electron chi connectivity index (χ3n) is 2.26. The molecule has 0 fully saturated rings. The Kier molecular flexibility index (Phi) is 3.90. The molecule has 1 nitrogen and oxygen atoms in total. The monoisotopic (exact) mass is 286 g/mol. The first-order valence-corrected chi connectivity index (χ1v) is 5.90. The predicted octanol–water partition coefficient (Wildman–Crippen LogP) is 4.21. The van der Waals surface area contributed by atoms with Gasteiger partial charge in [0.2, 0.25) is 0 Å². The van der Waals surface area contributed by atoms with E-state index in [1.54, 1.807) is 0 Å². The van der Waals surface area contributed by atoms with Crippen LogP contribution in [0.1, 0.15) is 10.4 Å². The van der Waals surface area contributed by atoms with E-state index in [0.717, 1.165) is 24.3 Å². The lowest BCUT2D eigenvalue weighted by Gasteiger charge is -2.06. The summed E-state index contributed by atoms with van der Waals surface area (Å²) in [5.74, 6) is -3.64. The predicted molar refractivity (Wildman–Crippen MR) is 62.2 cm³/mol. The standard InChI is InChI=1S/C13H6F4OS/c14-8-1-2-12(9(15)5-8)19-13-10(16)3-7(6-18)4-11(13)17/h1-6H. The van der Waals surface area contributed by atoms with Gasteiger partial charge in [0, 0.05) is 16.5 Å². The van der Waals surface area contributed by atoms with Crippen molar-refractivity contribution >= 4 is 18.0 Å². The van der Waals surface area contributed by atoms with E-state index in [4.69, 9.17) is 0 Å². The summed E-state index contributed by atoms with van der Waals surface area (Å²) in [6.07, 6.45) is 0.305. The molecule has 0 heterocycles. The van der Waals surface area contributed by atoms with Crippen molar-refractivity contribution in [3.8, 4) is 0 Å². The van der Waals surface area contributed by atoms with E-state index in [9.17, 15) is 22.4 Å². The van der Waals surface area contributed by atoms with Crippen LogP contribution >= 0.6 is 11.8 Å². The molecule has 0 unspecified atom stereocenters. The summed E-state index contributed by atoms with van der Waals surface area (Å²) in [4.78, 5) is 9.87. The van der Waals surface area contributed by atoms with Gasteiger partial charge in [0.1, 0.15) is 29.6 Å². The first-order chi connectivity index (χ1) is 9.01. The quantitative estimate of drug-likeness (QED) is 0.621. The van der Waals surface area contributed by atoms with Crippen LogP contribution in [0.5, 0.6) is 0 Å². The molecule has 19 heavy (non-hydrogen) atoms. The number of rotatable bonds is 3. The first kappa shape index (κ1) is 13.6. The van der Waals surface area contributed by atoms with Crippen LogP contribution in [-0.4, -0.2) is 6.29 Å². The van der Waals surface area contributed by atoms with Gasteiger partial charge < -0.3 is 0 Å². The van der Waals surface area contributed by atoms with Crippen LogP contribution in [0, 0.1) is 23.3 Å². The van der Waals surface area contributed by atoms with Crippen LogP contribution in [0.25, 0.3) is 0 Å². The minimum Gasteiger partial charge on any atom is -0.298 e. The highest BCUT2D eigenvalue weighted by atomic mass is 32.2. The van der Waals surface area contributed by atoms with E-state index in [0.29, 0.717) is 24.1 Å². The van der Waals surface area contributed by atoms with Crippen LogP contribution in [-0.2, 0) is 0 Å². The Morgan fingerprint density at radius 2 is 1.53 bits per heavy atom. The molecule has 2 aromatic carbocycles. The Morgan fingerprint density at radius 3 is 2.05 bits per heavy atom. The molecule has 98 valence electrons. The average Bonchev–Trinajstić information content (AvgIpc) is 2.35. The van der Waals surface area contributed by atoms with E-state index < -0.39 is 28.2 Å². The molecule has 0 amide bonds. The van der Waals surface area contributed by atoms with Crippen LogP contribution < -0.4 is 0 Å². The number of hydrogen-bond acceptors (Lipinski definition) is 2. The second kappa shape index (κ2) is 5.44. The number of hydrogen-bond donors (Lipinski definition) is 0. The van der Waals surface area contributed by atoms with E-state index in [1.807, 2.05) is 0 Å². The molecule has 0 N–H and O–H groups in total. The van der Waals surface area contributed by atoms with Crippen LogP contribution in [0.2, 0.25) is 0 Å². The third-order valence-corrected chi connectivity index (χ3v) is 3.41. The van der Waals surface area contributed by atoms with Gasteiger partial charge in [-0.2, -0.15) is 0 Å². The maximum atomic E-state index is 13.6. The van der Waals surface area contributed by atoms with Crippen LogP contribution in [0.4, 0.5) is 17.6 Å². The van der Waals surface area contributed by atoms with Gasteiger partial charge in [-0.1, -0.05) is 11.8 Å². The number of aldehydes is 1. The van der Waals surface area contributed by atoms with Gasteiger partial charge in [-0.05, 0) is 24.3 Å². The summed E-state index contributed by atoms with van der Waals surface area (Å²) in [5, 5.41) is 0. The molecule has 0 aliphatic heterocycles. The molecule has 0 spiro atoms. The van der Waals surface area contributed by atoms with Gasteiger partial charge in [0.05, 0.1) is 4.90 Å². The van der Waals surface area contributed by atoms with Crippen molar-refractivity contribution in [2.24, 2.45) is 0 Å². The van der Waals surface area contributed by atoms with Gasteiger partial charge in [-0.25, -0.2) is 17.6 Å². The molecule has 6 heteroatoms. The first-order valence-electron chi connectivity index (χ1n) is 5.08. The lowest BCUT2D eigenvalue weighted by atomic mass is 10.2. The van der Waals surface area contributed by atoms with Crippen molar-refractivity contribution < 1.29 is 22.4 Å². The molecule has 2 rings (SSSR count). The topological polar surface area (TPSA) is 17.1 Å². The van der Waals surface area contributed by atoms with Crippen molar-refractivity contribution in [1.82, 2.24) is 0 Å². The second-order valence-corrected chi connectivity index (χ2v) is 4.66. The molecule has 0 radical (unpaired) electrons. The Morgan fingerprint density at radius 1 is 0.895 bits per heavy atom. The number of carbonyl (C=O) groups is 1. The zero-order valence-electron chi connectivity index (χ0n) is 9.29. The van der Waals surface area contributed by atoms with Crippen molar-refractivity contribution in [3.05, 3.63) is 59.2 Å². The highest BCUT2D eigenvalue weighted by molar-refractivity contribution is 7.99. The molecule has 0 saturated heterocycles. The van der Waals surface area contributed by atoms with E-state index in [2.05, 4.69) is 0 Å². The lowest BCUT2D eigenvalue weighted by molar-refractivity contribution is 0.112. The van der Waals surface area contributed by atoms with Crippen molar-refractivity contribution in [2.45, 2.75) is 9.79 Å². The second-order valence-electron chi connectivity index (χ2n) is 3.61. The number of carbonyl (C=O) groups excluding carboxylic acids is 1. The van der Waals surface area contributed by atoms with Crippen LogP contribution in [0.15, 0.2) is 40.1 Å². The molecule has 0 atom stereocenters. The molecule has 0 bridgehead atoms. The van der Waals surface area contributed by atoms with Crippen molar-refractivity contribution in [1.29, 1.82) is 0 Å². The Hall–Kier alpha value is -1.82. The smallest absolute Gasteiger partial charge is 0.150 e. The fourth-order valence-electron chi connectivity index (χ4n) is 1.41. The summed E-state index contributed by atoms with van der Waals surface area (Å²) in [5.41, 5.74) is -0.154. The largest absolute Gasteiger partial charge is 0.298 e. The minimum absolute atomic E-state index is 0.113. The van der Waals surface area contributed by atoms with Gasteiger partial charge in [-0.3, -0.25) is 4.79 Å². The molecular weight excluding hydrogens is 280 g/mol. The van der Waals surface area contributed by atoms with Gasteiger partial charge in [0.15, 0.2) is 0 Å². The summed E-state index contributed by atoms with van der Waals surface area (Å²) in [7, 11) is 0. The highest BCUT2D eigenvalue weighted by Crippen LogP contribution is 2.34. The molecule has 0 aromatic heterocycles. The molecule has 0 aliphatic rings. The maximum Gasteiger partial charge on any atom is 0.150 e. The lowest BCUT2D eigenvalue weighted by Crippen LogP contribution is -1.93. The van der Waals surface area contributed by atoms with Gasteiger partial charge >= 0.3 is 0 Å². The summed E-state index contributed by atoms with van der Waals surface area (Å²) >= 11 is 0.488. The van der Waals surface area contributed by atoms with Crippen LogP contribution in [0.3, 0.4) is 0 Å². The Bertz CT molecular complexity index is 620. The highest BCUT2D eigenvalue weighted by Gasteiger charge is 2.15. The fourth-order valence-corrected chi connectivity index (χ4v) is 2.24. The summed E-state index contributed by atoms with van der Waals surface area (Å²) < 4.78 is 53.2. The summed E-state index contributed by atoms with van der Waals surface area (Å²) in [6.45, 7) is 0. The zero-order chi connectivity index (χ0) is 14.0. The van der Waals surface area contributed by atoms with Crippen molar-refractivity contribution in [2.75, 3.05) is 0 Å². The van der Waals surface area contributed by atoms with Gasteiger partial charge in [0.25, 0.3) is 0 Å². The van der Waals surface area contributed by atoms with Gasteiger partial charge in [-0.15, -0.1) is 0 Å². The van der Waals surface area contributed by atoms with Crippen molar-refractivity contribution in [3.63, 3.8) is 0 Å². The fraction of sp³-hybridized carbons (Fsp3) is 0. The number of halogens is 4. The third kappa shape index (κ3) is 2.96. The summed E-state index contributed by atoms with van der Waals surface area (Å²) in [6, 6.07) is 4.39. The maximum absolute atomic E-state index is 13.6. The van der Waals surface area contributed by atoms with E-state index in [1.165, 1.54) is 0 Å².